The lowest BCUT2D eigenvalue weighted by Crippen LogP contribution is -2.45. The van der Waals surface area contributed by atoms with Crippen LogP contribution in [0.1, 0.15) is 271 Å². The van der Waals surface area contributed by atoms with E-state index in [2.05, 4.69) is 43.5 Å². The molecular weight excluding hydrogens is 743 g/mol. The third kappa shape index (κ3) is 45.6. The van der Waals surface area contributed by atoms with Crippen molar-refractivity contribution in [3.8, 4) is 0 Å². The molecule has 2 atom stereocenters. The lowest BCUT2D eigenvalue weighted by atomic mass is 10.0. The molecule has 0 aliphatic rings. The van der Waals surface area contributed by atoms with Gasteiger partial charge in [0.2, 0.25) is 5.91 Å². The maximum Gasteiger partial charge on any atom is 0.305 e. The molecule has 0 saturated carbocycles. The number of esters is 1. The molecule has 0 aliphatic heterocycles. The Morgan fingerprint density at radius 1 is 0.467 bits per heavy atom. The Labute approximate surface area is 373 Å². The van der Waals surface area contributed by atoms with Crippen molar-refractivity contribution in [2.45, 2.75) is 283 Å². The highest BCUT2D eigenvalue weighted by atomic mass is 16.5. The highest BCUT2D eigenvalue weighted by Gasteiger charge is 2.18. The van der Waals surface area contributed by atoms with Crippen molar-refractivity contribution in [2.24, 2.45) is 0 Å². The van der Waals surface area contributed by atoms with Gasteiger partial charge in [-0.15, -0.1) is 0 Å². The molecule has 0 fully saturated rings. The first-order chi connectivity index (χ1) is 29.5. The number of ether oxygens (including phenoxy) is 1. The Balaban J connectivity index is 3.51. The smallest absolute Gasteiger partial charge is 0.305 e. The number of rotatable bonds is 48. The van der Waals surface area contributed by atoms with Gasteiger partial charge in [-0.25, -0.2) is 0 Å². The van der Waals surface area contributed by atoms with Gasteiger partial charge in [-0.05, 0) is 70.6 Å². The summed E-state index contributed by atoms with van der Waals surface area (Å²) in [6.45, 7) is 4.84. The second kappa shape index (κ2) is 49.7. The molecule has 0 aromatic rings. The quantitative estimate of drug-likeness (QED) is 0.0322. The molecule has 60 heavy (non-hydrogen) atoms. The zero-order valence-corrected chi connectivity index (χ0v) is 39.9. The van der Waals surface area contributed by atoms with E-state index in [-0.39, 0.29) is 18.5 Å². The molecule has 1 amide bonds. The minimum Gasteiger partial charge on any atom is -0.466 e. The van der Waals surface area contributed by atoms with Crippen LogP contribution in [-0.4, -0.2) is 47.4 Å². The van der Waals surface area contributed by atoms with Crippen LogP contribution < -0.4 is 5.32 Å². The average molecular weight is 844 g/mol. The molecule has 3 N–H and O–H groups in total. The molecule has 2 unspecified atom stereocenters. The topological polar surface area (TPSA) is 95.9 Å². The molecule has 352 valence electrons. The molecule has 0 aromatic carbocycles. The van der Waals surface area contributed by atoms with Crippen molar-refractivity contribution in [2.75, 3.05) is 13.2 Å². The van der Waals surface area contributed by atoms with Gasteiger partial charge in [-0.3, -0.25) is 9.59 Å². The van der Waals surface area contributed by atoms with Gasteiger partial charge in [0, 0.05) is 12.8 Å². The third-order valence-corrected chi connectivity index (χ3v) is 11.9. The van der Waals surface area contributed by atoms with E-state index < -0.39 is 12.1 Å². The normalized spacial score (nSPS) is 12.9. The van der Waals surface area contributed by atoms with Crippen LogP contribution >= 0.6 is 0 Å². The fraction of sp³-hybridized carbons (Fsp3) is 0.852. The van der Waals surface area contributed by atoms with E-state index >= 15 is 0 Å². The second-order valence-corrected chi connectivity index (χ2v) is 17.9. The largest absolute Gasteiger partial charge is 0.466 e. The maximum atomic E-state index is 12.4. The van der Waals surface area contributed by atoms with Crippen LogP contribution in [0.2, 0.25) is 0 Å². The van der Waals surface area contributed by atoms with Crippen molar-refractivity contribution < 1.29 is 24.5 Å². The Kier molecular flexibility index (Phi) is 48.1. The zero-order valence-electron chi connectivity index (χ0n) is 39.9. The highest BCUT2D eigenvalue weighted by molar-refractivity contribution is 5.76. The minimum atomic E-state index is -0.853. The molecule has 0 radical (unpaired) electrons. The zero-order chi connectivity index (χ0) is 43.7. The number of nitrogens with one attached hydrogen (secondary N) is 1. The van der Waals surface area contributed by atoms with Crippen LogP contribution in [0.5, 0.6) is 0 Å². The summed E-state index contributed by atoms with van der Waals surface area (Å²) in [7, 11) is 0. The standard InChI is InChI=1S/C54H101NO5/c1-3-5-7-9-11-13-15-16-20-24-28-32-36-40-44-48-54(59)60-49-45-41-37-33-29-25-22-19-17-18-21-23-27-31-35-39-43-47-53(58)55-51(50-56)52(57)46-42-38-34-30-26-14-12-10-8-6-4-2/h17,19,25,29,42,46,51-52,56-57H,3-16,18,20-24,26-28,30-41,43-45,47-50H2,1-2H3,(H,55,58)/b19-17-,29-25-,46-42+. The predicted molar refractivity (Wildman–Crippen MR) is 259 cm³/mol. The molecule has 0 rings (SSSR count). The van der Waals surface area contributed by atoms with E-state index in [1.807, 2.05) is 6.08 Å². The van der Waals surface area contributed by atoms with Crippen molar-refractivity contribution in [3.63, 3.8) is 0 Å². The summed E-state index contributed by atoms with van der Waals surface area (Å²) in [6, 6.07) is -0.638. The van der Waals surface area contributed by atoms with Gasteiger partial charge in [0.05, 0.1) is 25.4 Å². The van der Waals surface area contributed by atoms with E-state index in [9.17, 15) is 19.8 Å². The summed E-state index contributed by atoms with van der Waals surface area (Å²) in [5.74, 6) is -0.100. The number of aliphatic hydroxyl groups excluding tert-OH is 2. The van der Waals surface area contributed by atoms with Crippen LogP contribution in [0.4, 0.5) is 0 Å². The Bertz CT molecular complexity index is 977. The molecule has 6 heteroatoms. The van der Waals surface area contributed by atoms with Gasteiger partial charge in [-0.1, -0.05) is 224 Å². The molecule has 0 spiro atoms. The highest BCUT2D eigenvalue weighted by Crippen LogP contribution is 2.15. The van der Waals surface area contributed by atoms with Crippen molar-refractivity contribution in [3.05, 3.63) is 36.5 Å². The summed E-state index contributed by atoms with van der Waals surface area (Å²) in [5, 5.41) is 23.0. The number of carbonyl (C=O) groups is 2. The molecule has 0 bridgehead atoms. The van der Waals surface area contributed by atoms with Crippen molar-refractivity contribution in [1.82, 2.24) is 5.32 Å². The Hall–Kier alpha value is -1.92. The van der Waals surface area contributed by atoms with Crippen LogP contribution in [0, 0.1) is 0 Å². The first kappa shape index (κ1) is 58.1. The molecule has 6 nitrogen and oxygen atoms in total. The van der Waals surface area contributed by atoms with Gasteiger partial charge in [0.15, 0.2) is 0 Å². The number of hydrogen-bond donors (Lipinski definition) is 3. The SMILES string of the molecule is CCCCCCCCCCC/C=C/C(O)C(CO)NC(=O)CCCCCCCCC/C=C\C/C=C\CCCCCOC(=O)CCCCCCCCCCCCCCCCC. The van der Waals surface area contributed by atoms with Crippen LogP contribution in [0.3, 0.4) is 0 Å². The lowest BCUT2D eigenvalue weighted by molar-refractivity contribution is -0.143. The Morgan fingerprint density at radius 3 is 1.27 bits per heavy atom. The minimum absolute atomic E-state index is 0.0142. The monoisotopic (exact) mass is 844 g/mol. The number of amides is 1. The number of carbonyl (C=O) groups excluding carboxylic acids is 2. The summed E-state index contributed by atoms with van der Waals surface area (Å²) >= 11 is 0. The summed E-state index contributed by atoms with van der Waals surface area (Å²) in [6.07, 6.45) is 60.1. The van der Waals surface area contributed by atoms with Gasteiger partial charge in [-0.2, -0.15) is 0 Å². The number of hydrogen-bond acceptors (Lipinski definition) is 5. The van der Waals surface area contributed by atoms with Crippen LogP contribution in [0.25, 0.3) is 0 Å². The third-order valence-electron chi connectivity index (χ3n) is 11.9. The van der Waals surface area contributed by atoms with E-state index in [1.165, 1.54) is 161 Å². The van der Waals surface area contributed by atoms with Crippen molar-refractivity contribution in [1.29, 1.82) is 0 Å². The van der Waals surface area contributed by atoms with E-state index in [0.29, 0.717) is 19.4 Å². The lowest BCUT2D eigenvalue weighted by Gasteiger charge is -2.20. The number of aliphatic hydroxyl groups is 2. The van der Waals surface area contributed by atoms with Crippen molar-refractivity contribution >= 4 is 11.9 Å². The Morgan fingerprint density at radius 2 is 0.833 bits per heavy atom. The van der Waals surface area contributed by atoms with Crippen LogP contribution in [-0.2, 0) is 14.3 Å². The van der Waals surface area contributed by atoms with Gasteiger partial charge < -0.3 is 20.3 Å². The fourth-order valence-corrected chi connectivity index (χ4v) is 7.84. The van der Waals surface area contributed by atoms with Gasteiger partial charge in [0.25, 0.3) is 0 Å². The first-order valence-corrected chi connectivity index (χ1v) is 26.3. The summed E-state index contributed by atoms with van der Waals surface area (Å²) in [5.41, 5.74) is 0. The molecule has 0 heterocycles. The van der Waals surface area contributed by atoms with E-state index in [4.69, 9.17) is 4.74 Å². The maximum absolute atomic E-state index is 12.4. The van der Waals surface area contributed by atoms with Crippen LogP contribution in [0.15, 0.2) is 36.5 Å². The summed E-state index contributed by atoms with van der Waals surface area (Å²) in [4.78, 5) is 24.4. The van der Waals surface area contributed by atoms with Gasteiger partial charge >= 0.3 is 5.97 Å². The number of unbranched alkanes of at least 4 members (excludes halogenated alkanes) is 33. The molecule has 0 aromatic heterocycles. The second-order valence-electron chi connectivity index (χ2n) is 17.9. The molecule has 0 aliphatic carbocycles. The molecular formula is C54H101NO5. The van der Waals surface area contributed by atoms with Gasteiger partial charge in [0.1, 0.15) is 0 Å². The van der Waals surface area contributed by atoms with E-state index in [1.54, 1.807) is 6.08 Å². The molecule has 0 saturated heterocycles. The fourth-order valence-electron chi connectivity index (χ4n) is 7.84. The van der Waals surface area contributed by atoms with E-state index in [0.717, 1.165) is 83.5 Å². The average Bonchev–Trinajstić information content (AvgIpc) is 3.25. The predicted octanol–water partition coefficient (Wildman–Crippen LogP) is 15.7. The first-order valence-electron chi connectivity index (χ1n) is 26.3. The summed E-state index contributed by atoms with van der Waals surface area (Å²) < 4.78 is 5.45. The number of allylic oxidation sites excluding steroid dienone is 5.